The van der Waals surface area contributed by atoms with Gasteiger partial charge in [-0.15, -0.1) is 0 Å². The zero-order chi connectivity index (χ0) is 13.5. The molecule has 106 valence electrons. The van der Waals surface area contributed by atoms with Crippen LogP contribution in [0.2, 0.25) is 0 Å². The first kappa shape index (κ1) is 14.1. The molecule has 0 saturated carbocycles. The Hall–Kier alpha value is -1.36. The fraction of sp³-hybridized carbons (Fsp3) is 0.714. The number of anilines is 2. The predicted molar refractivity (Wildman–Crippen MR) is 79.6 cm³/mol. The molecule has 1 aliphatic heterocycles. The van der Waals surface area contributed by atoms with Crippen LogP contribution in [0.3, 0.4) is 0 Å². The van der Waals surface area contributed by atoms with Crippen LogP contribution in [0.5, 0.6) is 0 Å². The van der Waals surface area contributed by atoms with Crippen molar-refractivity contribution < 1.29 is 0 Å². The van der Waals surface area contributed by atoms with Gasteiger partial charge < -0.3 is 10.6 Å². The second-order valence-electron chi connectivity index (χ2n) is 5.00. The lowest BCUT2D eigenvalue weighted by Crippen LogP contribution is -2.34. The van der Waals surface area contributed by atoms with Crippen molar-refractivity contribution in [3.8, 4) is 0 Å². The van der Waals surface area contributed by atoms with Gasteiger partial charge in [0.15, 0.2) is 0 Å². The summed E-state index contributed by atoms with van der Waals surface area (Å²) in [4.78, 5) is 11.2. The van der Waals surface area contributed by atoms with E-state index in [0.717, 1.165) is 31.9 Å². The van der Waals surface area contributed by atoms with Gasteiger partial charge in [-0.2, -0.15) is 4.98 Å². The van der Waals surface area contributed by atoms with E-state index in [0.29, 0.717) is 12.0 Å². The van der Waals surface area contributed by atoms with Gasteiger partial charge in [-0.3, -0.25) is 4.90 Å². The van der Waals surface area contributed by atoms with Gasteiger partial charge in [0, 0.05) is 25.3 Å². The summed E-state index contributed by atoms with van der Waals surface area (Å²) >= 11 is 0. The molecule has 1 atom stereocenters. The van der Waals surface area contributed by atoms with E-state index < -0.39 is 0 Å². The largest absolute Gasteiger partial charge is 0.368 e. The van der Waals surface area contributed by atoms with Crippen LogP contribution in [0.15, 0.2) is 12.3 Å². The minimum atomic E-state index is 0.645. The third-order valence-electron chi connectivity index (χ3n) is 3.61. The second kappa shape index (κ2) is 7.28. The van der Waals surface area contributed by atoms with E-state index in [1.54, 1.807) is 6.20 Å². The summed E-state index contributed by atoms with van der Waals surface area (Å²) < 4.78 is 0. The first-order valence-electron chi connectivity index (χ1n) is 7.38. The summed E-state index contributed by atoms with van der Waals surface area (Å²) in [7, 11) is 0. The standard InChI is InChI=1S/C14H25N5/c1-3-8-15-14-16-9-7-13(18-14)17-11-12-6-5-10-19(12)4-2/h7,9,12H,3-6,8,10-11H2,1-2H3,(H2,15,16,17,18). The molecule has 2 heterocycles. The van der Waals surface area contributed by atoms with E-state index in [1.807, 2.05) is 6.07 Å². The highest BCUT2D eigenvalue weighted by Gasteiger charge is 2.22. The summed E-state index contributed by atoms with van der Waals surface area (Å²) in [6.45, 7) is 8.62. The van der Waals surface area contributed by atoms with Crippen LogP contribution in [-0.4, -0.2) is 47.1 Å². The van der Waals surface area contributed by atoms with Gasteiger partial charge in [0.1, 0.15) is 5.82 Å². The molecule has 0 aromatic carbocycles. The van der Waals surface area contributed by atoms with E-state index in [-0.39, 0.29) is 0 Å². The fourth-order valence-corrected chi connectivity index (χ4v) is 2.54. The molecule has 2 rings (SSSR count). The molecule has 1 aromatic rings. The molecular weight excluding hydrogens is 238 g/mol. The summed E-state index contributed by atoms with van der Waals surface area (Å²) in [5, 5.41) is 6.64. The third kappa shape index (κ3) is 4.06. The Kier molecular flexibility index (Phi) is 5.39. The van der Waals surface area contributed by atoms with Crippen LogP contribution >= 0.6 is 0 Å². The minimum absolute atomic E-state index is 0.645. The molecule has 1 unspecified atom stereocenters. The van der Waals surface area contributed by atoms with Crippen molar-refractivity contribution in [1.29, 1.82) is 0 Å². The molecule has 1 saturated heterocycles. The van der Waals surface area contributed by atoms with Crippen molar-refractivity contribution in [1.82, 2.24) is 14.9 Å². The first-order chi connectivity index (χ1) is 9.33. The van der Waals surface area contributed by atoms with Crippen molar-refractivity contribution in [2.24, 2.45) is 0 Å². The van der Waals surface area contributed by atoms with Crippen molar-refractivity contribution in [3.63, 3.8) is 0 Å². The van der Waals surface area contributed by atoms with Crippen molar-refractivity contribution in [2.75, 3.05) is 36.8 Å². The summed E-state index contributed by atoms with van der Waals surface area (Å²) in [5.74, 6) is 1.63. The van der Waals surface area contributed by atoms with E-state index in [2.05, 4.69) is 39.3 Å². The topological polar surface area (TPSA) is 53.1 Å². The van der Waals surface area contributed by atoms with Gasteiger partial charge in [0.05, 0.1) is 0 Å². The summed E-state index contributed by atoms with van der Waals surface area (Å²) in [6, 6.07) is 2.58. The van der Waals surface area contributed by atoms with Crippen molar-refractivity contribution >= 4 is 11.8 Å². The molecule has 0 bridgehead atoms. The minimum Gasteiger partial charge on any atom is -0.368 e. The highest BCUT2D eigenvalue weighted by Crippen LogP contribution is 2.17. The molecule has 1 aliphatic rings. The average molecular weight is 263 g/mol. The molecule has 19 heavy (non-hydrogen) atoms. The molecule has 5 nitrogen and oxygen atoms in total. The number of nitrogens with zero attached hydrogens (tertiary/aromatic N) is 3. The Morgan fingerprint density at radius 3 is 3.05 bits per heavy atom. The second-order valence-corrected chi connectivity index (χ2v) is 5.00. The van der Waals surface area contributed by atoms with E-state index >= 15 is 0 Å². The Morgan fingerprint density at radius 2 is 2.26 bits per heavy atom. The van der Waals surface area contributed by atoms with Crippen LogP contribution in [0.4, 0.5) is 11.8 Å². The molecule has 0 radical (unpaired) electrons. The molecule has 1 aromatic heterocycles. The highest BCUT2D eigenvalue weighted by atomic mass is 15.2. The molecular formula is C14H25N5. The number of rotatable bonds is 7. The van der Waals surface area contributed by atoms with Gasteiger partial charge >= 0.3 is 0 Å². The monoisotopic (exact) mass is 263 g/mol. The van der Waals surface area contributed by atoms with Crippen LogP contribution in [0.1, 0.15) is 33.1 Å². The maximum atomic E-state index is 4.47. The average Bonchev–Trinajstić information content (AvgIpc) is 2.91. The number of likely N-dealkylation sites (tertiary alicyclic amines) is 1. The molecule has 0 aliphatic carbocycles. The van der Waals surface area contributed by atoms with E-state index in [1.165, 1.54) is 19.4 Å². The van der Waals surface area contributed by atoms with E-state index in [9.17, 15) is 0 Å². The van der Waals surface area contributed by atoms with Gasteiger partial charge in [-0.05, 0) is 38.4 Å². The number of aromatic nitrogens is 2. The molecule has 5 heteroatoms. The lowest BCUT2D eigenvalue weighted by Gasteiger charge is -2.23. The Balaban J connectivity index is 1.85. The predicted octanol–water partition coefficient (Wildman–Crippen LogP) is 2.19. The molecule has 1 fully saturated rings. The maximum absolute atomic E-state index is 4.47. The van der Waals surface area contributed by atoms with Crippen LogP contribution in [-0.2, 0) is 0 Å². The van der Waals surface area contributed by atoms with Gasteiger partial charge in [0.25, 0.3) is 0 Å². The van der Waals surface area contributed by atoms with Crippen molar-refractivity contribution in [2.45, 2.75) is 39.2 Å². The number of nitrogens with one attached hydrogen (secondary N) is 2. The summed E-state index contributed by atoms with van der Waals surface area (Å²) in [5.41, 5.74) is 0. The quantitative estimate of drug-likeness (QED) is 0.790. The smallest absolute Gasteiger partial charge is 0.224 e. The lowest BCUT2D eigenvalue weighted by atomic mass is 10.2. The first-order valence-corrected chi connectivity index (χ1v) is 7.38. The fourth-order valence-electron chi connectivity index (χ4n) is 2.54. The van der Waals surface area contributed by atoms with Crippen LogP contribution < -0.4 is 10.6 Å². The number of hydrogen-bond donors (Lipinski definition) is 2. The lowest BCUT2D eigenvalue weighted by molar-refractivity contribution is 0.277. The Morgan fingerprint density at radius 1 is 1.37 bits per heavy atom. The molecule has 2 N–H and O–H groups in total. The van der Waals surface area contributed by atoms with E-state index in [4.69, 9.17) is 0 Å². The van der Waals surface area contributed by atoms with Crippen molar-refractivity contribution in [3.05, 3.63) is 12.3 Å². The Bertz CT molecular complexity index is 382. The van der Waals surface area contributed by atoms with Crippen LogP contribution in [0, 0.1) is 0 Å². The normalized spacial score (nSPS) is 19.6. The molecule has 0 spiro atoms. The van der Waals surface area contributed by atoms with Gasteiger partial charge in [0.2, 0.25) is 5.95 Å². The van der Waals surface area contributed by atoms with Gasteiger partial charge in [-0.1, -0.05) is 13.8 Å². The highest BCUT2D eigenvalue weighted by molar-refractivity contribution is 5.39. The number of hydrogen-bond acceptors (Lipinski definition) is 5. The van der Waals surface area contributed by atoms with Crippen LogP contribution in [0.25, 0.3) is 0 Å². The zero-order valence-electron chi connectivity index (χ0n) is 12.0. The zero-order valence-corrected chi connectivity index (χ0v) is 12.0. The summed E-state index contributed by atoms with van der Waals surface area (Å²) in [6.07, 6.45) is 5.48. The Labute approximate surface area is 115 Å². The number of likely N-dealkylation sites (N-methyl/N-ethyl adjacent to an activating group) is 1. The molecule has 0 amide bonds. The third-order valence-corrected chi connectivity index (χ3v) is 3.61. The van der Waals surface area contributed by atoms with Gasteiger partial charge in [-0.25, -0.2) is 4.98 Å². The SMILES string of the molecule is CCCNc1nccc(NCC2CCCN2CC)n1. The maximum Gasteiger partial charge on any atom is 0.224 e.